The number of nitrogens with zero attached hydrogens (tertiary/aromatic N) is 4. The molecule has 3 heterocycles. The molecule has 1 saturated heterocycles. The zero-order valence-electron chi connectivity index (χ0n) is 11.4. The Morgan fingerprint density at radius 3 is 3.25 bits per heavy atom. The lowest BCUT2D eigenvalue weighted by molar-refractivity contribution is 0.265. The second kappa shape index (κ2) is 5.50. The Balaban J connectivity index is 2.00. The Kier molecular flexibility index (Phi) is 3.56. The fourth-order valence-corrected chi connectivity index (χ4v) is 2.63. The van der Waals surface area contributed by atoms with Gasteiger partial charge in [-0.25, -0.2) is 4.52 Å². The van der Waals surface area contributed by atoms with E-state index in [1.807, 2.05) is 22.8 Å². The van der Waals surface area contributed by atoms with Crippen molar-refractivity contribution in [3.8, 4) is 0 Å². The lowest BCUT2D eigenvalue weighted by Crippen LogP contribution is -2.34. The SMILES string of the molecule is C=CCNc1nc(N2CCC[C@@H]2CO)nn2cccc12. The molecule has 2 aromatic heterocycles. The number of aromatic nitrogens is 3. The zero-order valence-corrected chi connectivity index (χ0v) is 11.4. The van der Waals surface area contributed by atoms with Crippen molar-refractivity contribution >= 4 is 17.3 Å². The van der Waals surface area contributed by atoms with Crippen LogP contribution >= 0.6 is 0 Å². The van der Waals surface area contributed by atoms with E-state index in [0.29, 0.717) is 12.5 Å². The average molecular weight is 273 g/mol. The number of aliphatic hydroxyl groups excluding tert-OH is 1. The van der Waals surface area contributed by atoms with Crippen LogP contribution in [0.15, 0.2) is 31.0 Å². The van der Waals surface area contributed by atoms with Crippen LogP contribution in [0.25, 0.3) is 5.52 Å². The van der Waals surface area contributed by atoms with Gasteiger partial charge in [-0.1, -0.05) is 6.08 Å². The topological polar surface area (TPSA) is 65.7 Å². The van der Waals surface area contributed by atoms with Gasteiger partial charge < -0.3 is 15.3 Å². The summed E-state index contributed by atoms with van der Waals surface area (Å²) in [4.78, 5) is 6.70. The molecule has 0 aromatic carbocycles. The molecule has 0 saturated carbocycles. The number of rotatable bonds is 5. The molecule has 6 heteroatoms. The van der Waals surface area contributed by atoms with Gasteiger partial charge in [0.25, 0.3) is 0 Å². The Hall–Kier alpha value is -2.08. The summed E-state index contributed by atoms with van der Waals surface area (Å²) in [5, 5.41) is 17.2. The lowest BCUT2D eigenvalue weighted by atomic mass is 10.2. The molecule has 6 nitrogen and oxygen atoms in total. The molecule has 0 radical (unpaired) electrons. The van der Waals surface area contributed by atoms with E-state index in [1.165, 1.54) is 0 Å². The monoisotopic (exact) mass is 273 g/mol. The van der Waals surface area contributed by atoms with Gasteiger partial charge in [0.1, 0.15) is 5.52 Å². The van der Waals surface area contributed by atoms with Crippen LogP contribution in [-0.4, -0.2) is 45.4 Å². The van der Waals surface area contributed by atoms with E-state index in [9.17, 15) is 5.11 Å². The van der Waals surface area contributed by atoms with Gasteiger partial charge >= 0.3 is 0 Å². The van der Waals surface area contributed by atoms with Crippen molar-refractivity contribution in [2.75, 3.05) is 29.9 Å². The van der Waals surface area contributed by atoms with Crippen molar-refractivity contribution in [2.45, 2.75) is 18.9 Å². The first-order chi connectivity index (χ1) is 9.83. The van der Waals surface area contributed by atoms with Crippen LogP contribution in [0.3, 0.4) is 0 Å². The molecule has 0 amide bonds. The minimum absolute atomic E-state index is 0.121. The lowest BCUT2D eigenvalue weighted by Gasteiger charge is -2.23. The summed E-state index contributed by atoms with van der Waals surface area (Å²) in [5.74, 6) is 1.46. The minimum atomic E-state index is 0.121. The van der Waals surface area contributed by atoms with Gasteiger partial charge in [0.15, 0.2) is 5.82 Å². The maximum Gasteiger partial charge on any atom is 0.245 e. The summed E-state index contributed by atoms with van der Waals surface area (Å²) < 4.78 is 1.82. The van der Waals surface area contributed by atoms with E-state index in [0.717, 1.165) is 30.7 Å². The predicted octanol–water partition coefficient (Wildman–Crippen LogP) is 1.29. The molecule has 3 rings (SSSR count). The van der Waals surface area contributed by atoms with Crippen LogP contribution in [-0.2, 0) is 0 Å². The third kappa shape index (κ3) is 2.22. The number of nitrogens with one attached hydrogen (secondary N) is 1. The molecule has 2 N–H and O–H groups in total. The van der Waals surface area contributed by atoms with Crippen molar-refractivity contribution in [1.29, 1.82) is 0 Å². The Morgan fingerprint density at radius 1 is 1.55 bits per heavy atom. The summed E-state index contributed by atoms with van der Waals surface area (Å²) in [5.41, 5.74) is 0.940. The van der Waals surface area contributed by atoms with Crippen molar-refractivity contribution in [3.63, 3.8) is 0 Å². The van der Waals surface area contributed by atoms with Crippen LogP contribution in [0, 0.1) is 0 Å². The summed E-state index contributed by atoms with van der Waals surface area (Å²) in [6, 6.07) is 4.04. The highest BCUT2D eigenvalue weighted by atomic mass is 16.3. The Bertz CT molecular complexity index is 609. The van der Waals surface area contributed by atoms with E-state index in [-0.39, 0.29) is 12.6 Å². The molecule has 106 valence electrons. The second-order valence-corrected chi connectivity index (χ2v) is 4.94. The predicted molar refractivity (Wildman–Crippen MR) is 79.1 cm³/mol. The molecular formula is C14H19N5O. The molecular weight excluding hydrogens is 254 g/mol. The van der Waals surface area contributed by atoms with Gasteiger partial charge in [-0.05, 0) is 25.0 Å². The number of anilines is 2. The highest BCUT2D eigenvalue weighted by Gasteiger charge is 2.26. The van der Waals surface area contributed by atoms with Crippen LogP contribution in [0.5, 0.6) is 0 Å². The number of aliphatic hydroxyl groups is 1. The van der Waals surface area contributed by atoms with Gasteiger partial charge in [0, 0.05) is 19.3 Å². The second-order valence-electron chi connectivity index (χ2n) is 4.94. The summed E-state index contributed by atoms with van der Waals surface area (Å²) in [6.07, 6.45) is 5.75. The van der Waals surface area contributed by atoms with Gasteiger partial charge in [-0.3, -0.25) is 0 Å². The normalized spacial score (nSPS) is 18.6. The van der Waals surface area contributed by atoms with Gasteiger partial charge in [0.05, 0.1) is 12.6 Å². The van der Waals surface area contributed by atoms with Crippen molar-refractivity contribution in [3.05, 3.63) is 31.0 Å². The summed E-state index contributed by atoms with van der Waals surface area (Å²) in [7, 11) is 0. The van der Waals surface area contributed by atoms with E-state index >= 15 is 0 Å². The third-order valence-electron chi connectivity index (χ3n) is 3.64. The molecule has 1 aliphatic heterocycles. The molecule has 0 spiro atoms. The summed E-state index contributed by atoms with van der Waals surface area (Å²) in [6.45, 7) is 5.40. The first-order valence-corrected chi connectivity index (χ1v) is 6.91. The molecule has 0 bridgehead atoms. The van der Waals surface area contributed by atoms with Crippen molar-refractivity contribution in [2.24, 2.45) is 0 Å². The van der Waals surface area contributed by atoms with E-state index < -0.39 is 0 Å². The summed E-state index contributed by atoms with van der Waals surface area (Å²) >= 11 is 0. The Morgan fingerprint density at radius 2 is 2.45 bits per heavy atom. The maximum absolute atomic E-state index is 9.45. The van der Waals surface area contributed by atoms with E-state index in [2.05, 4.69) is 26.9 Å². The fraction of sp³-hybridized carbons (Fsp3) is 0.429. The molecule has 1 fully saturated rings. The number of fused-ring (bicyclic) bond motifs is 1. The molecule has 20 heavy (non-hydrogen) atoms. The quantitative estimate of drug-likeness (QED) is 0.804. The largest absolute Gasteiger partial charge is 0.394 e. The van der Waals surface area contributed by atoms with E-state index in [1.54, 1.807) is 6.08 Å². The standard InChI is InChI=1S/C14H19N5O/c1-2-7-15-13-12-6-4-9-19(12)17-14(16-13)18-8-3-5-11(18)10-20/h2,4,6,9,11,20H,1,3,5,7-8,10H2,(H,15,16,17)/t11-/m1/s1. The van der Waals surface area contributed by atoms with Crippen LogP contribution < -0.4 is 10.2 Å². The first kappa shape index (κ1) is 12.9. The van der Waals surface area contributed by atoms with Crippen LogP contribution in [0.4, 0.5) is 11.8 Å². The van der Waals surface area contributed by atoms with Crippen LogP contribution in [0.2, 0.25) is 0 Å². The van der Waals surface area contributed by atoms with Crippen molar-refractivity contribution in [1.82, 2.24) is 14.6 Å². The zero-order chi connectivity index (χ0) is 13.9. The highest BCUT2D eigenvalue weighted by molar-refractivity contribution is 5.69. The molecule has 2 aromatic rings. The van der Waals surface area contributed by atoms with Gasteiger partial charge in [0.2, 0.25) is 5.95 Å². The molecule has 1 atom stereocenters. The number of hydrogen-bond donors (Lipinski definition) is 2. The molecule has 0 aliphatic carbocycles. The maximum atomic E-state index is 9.45. The number of hydrogen-bond acceptors (Lipinski definition) is 5. The molecule has 0 unspecified atom stereocenters. The Labute approximate surface area is 117 Å². The first-order valence-electron chi connectivity index (χ1n) is 6.91. The van der Waals surface area contributed by atoms with Crippen LogP contribution in [0.1, 0.15) is 12.8 Å². The third-order valence-corrected chi connectivity index (χ3v) is 3.64. The molecule has 1 aliphatic rings. The van der Waals surface area contributed by atoms with E-state index in [4.69, 9.17) is 0 Å². The minimum Gasteiger partial charge on any atom is -0.394 e. The van der Waals surface area contributed by atoms with Crippen molar-refractivity contribution < 1.29 is 5.11 Å². The van der Waals surface area contributed by atoms with Gasteiger partial charge in [-0.15, -0.1) is 11.7 Å². The highest BCUT2D eigenvalue weighted by Crippen LogP contribution is 2.24. The van der Waals surface area contributed by atoms with Gasteiger partial charge in [-0.2, -0.15) is 4.98 Å². The fourth-order valence-electron chi connectivity index (χ4n) is 2.63. The average Bonchev–Trinajstić information content (AvgIpc) is 3.12. The smallest absolute Gasteiger partial charge is 0.245 e.